The smallest absolute Gasteiger partial charge is 0.188 e. The standard InChI is InChI=1S/C18H29ClN4.HI/c1-2-3-10-21-18(20)22-13-15-8-11-23(12-9-15)14-16-6-4-5-7-17(16)19;/h4-7,15H,2-3,8-14H2,1H3,(H3,20,21,22);1H. The van der Waals surface area contributed by atoms with Gasteiger partial charge in [-0.25, -0.2) is 0 Å². The first-order valence-electron chi connectivity index (χ1n) is 8.68. The number of rotatable bonds is 7. The molecule has 1 aliphatic heterocycles. The maximum Gasteiger partial charge on any atom is 0.188 e. The molecule has 0 unspecified atom stereocenters. The summed E-state index contributed by atoms with van der Waals surface area (Å²) in [6, 6.07) is 8.11. The first-order chi connectivity index (χ1) is 11.2. The van der Waals surface area contributed by atoms with Crippen molar-refractivity contribution in [3.05, 3.63) is 34.9 Å². The summed E-state index contributed by atoms with van der Waals surface area (Å²) in [7, 11) is 0. The number of guanidine groups is 1. The summed E-state index contributed by atoms with van der Waals surface area (Å²) in [6.07, 6.45) is 4.66. The Labute approximate surface area is 168 Å². The van der Waals surface area contributed by atoms with Crippen molar-refractivity contribution < 1.29 is 0 Å². The van der Waals surface area contributed by atoms with Crippen LogP contribution in [0, 0.1) is 5.92 Å². The Balaban J connectivity index is 0.00000288. The fraction of sp³-hybridized carbons (Fsp3) is 0.611. The van der Waals surface area contributed by atoms with Crippen molar-refractivity contribution in [1.29, 1.82) is 0 Å². The predicted molar refractivity (Wildman–Crippen MR) is 114 cm³/mol. The summed E-state index contributed by atoms with van der Waals surface area (Å²) in [6.45, 7) is 7.08. The van der Waals surface area contributed by atoms with Gasteiger partial charge in [-0.2, -0.15) is 0 Å². The van der Waals surface area contributed by atoms with E-state index in [0.29, 0.717) is 11.9 Å². The molecular formula is C18H30ClIN4. The van der Waals surface area contributed by atoms with Crippen molar-refractivity contribution in [3.8, 4) is 0 Å². The van der Waals surface area contributed by atoms with Crippen LogP contribution in [0.3, 0.4) is 0 Å². The summed E-state index contributed by atoms with van der Waals surface area (Å²) in [5.74, 6) is 1.24. The molecule has 136 valence electrons. The molecule has 4 nitrogen and oxygen atoms in total. The molecule has 0 atom stereocenters. The highest BCUT2D eigenvalue weighted by Gasteiger charge is 2.19. The van der Waals surface area contributed by atoms with Crippen molar-refractivity contribution in [1.82, 2.24) is 10.2 Å². The molecule has 3 N–H and O–H groups in total. The maximum atomic E-state index is 6.24. The molecule has 1 fully saturated rings. The van der Waals surface area contributed by atoms with Gasteiger partial charge in [-0.1, -0.05) is 43.1 Å². The van der Waals surface area contributed by atoms with Gasteiger partial charge in [0.25, 0.3) is 0 Å². The van der Waals surface area contributed by atoms with E-state index >= 15 is 0 Å². The second-order valence-corrected chi connectivity index (χ2v) is 6.72. The summed E-state index contributed by atoms with van der Waals surface area (Å²) in [5.41, 5.74) is 7.11. The number of nitrogens with one attached hydrogen (secondary N) is 1. The summed E-state index contributed by atoms with van der Waals surface area (Å²) in [5, 5.41) is 4.04. The van der Waals surface area contributed by atoms with E-state index < -0.39 is 0 Å². The molecule has 24 heavy (non-hydrogen) atoms. The minimum absolute atomic E-state index is 0. The zero-order chi connectivity index (χ0) is 16.5. The third-order valence-corrected chi connectivity index (χ3v) is 4.78. The van der Waals surface area contributed by atoms with E-state index in [9.17, 15) is 0 Å². The van der Waals surface area contributed by atoms with Crippen molar-refractivity contribution in [2.75, 3.05) is 26.2 Å². The van der Waals surface area contributed by atoms with Gasteiger partial charge in [0.05, 0.1) is 0 Å². The Morgan fingerprint density at radius 2 is 2.04 bits per heavy atom. The number of halogens is 2. The number of aliphatic imine (C=N–C) groups is 1. The molecule has 0 bridgehead atoms. The number of hydrogen-bond donors (Lipinski definition) is 2. The van der Waals surface area contributed by atoms with Gasteiger partial charge in [0.15, 0.2) is 5.96 Å². The molecule has 0 radical (unpaired) electrons. The molecule has 0 spiro atoms. The highest BCUT2D eigenvalue weighted by Crippen LogP contribution is 2.22. The third-order valence-electron chi connectivity index (χ3n) is 4.42. The second kappa shape index (κ2) is 11.9. The fourth-order valence-electron chi connectivity index (χ4n) is 2.87. The molecule has 1 saturated heterocycles. The SMILES string of the molecule is CCCCNC(N)=NCC1CCN(Cc2ccccc2Cl)CC1.I. The number of piperidine rings is 1. The predicted octanol–water partition coefficient (Wildman–Crippen LogP) is 3.87. The molecule has 0 saturated carbocycles. The van der Waals surface area contributed by atoms with Crippen LogP contribution in [0.25, 0.3) is 0 Å². The van der Waals surface area contributed by atoms with E-state index in [1.165, 1.54) is 24.8 Å². The van der Waals surface area contributed by atoms with Gasteiger partial charge in [-0.3, -0.25) is 9.89 Å². The van der Waals surface area contributed by atoms with Gasteiger partial charge in [0.2, 0.25) is 0 Å². The van der Waals surface area contributed by atoms with Gasteiger partial charge in [0.1, 0.15) is 0 Å². The van der Waals surface area contributed by atoms with Crippen molar-refractivity contribution >= 4 is 41.5 Å². The molecule has 1 aromatic carbocycles. The number of hydrogen-bond acceptors (Lipinski definition) is 2. The zero-order valence-corrected chi connectivity index (χ0v) is 17.6. The summed E-state index contributed by atoms with van der Waals surface area (Å²) < 4.78 is 0. The number of unbranched alkanes of at least 4 members (excludes halogenated alkanes) is 1. The molecule has 6 heteroatoms. The van der Waals surface area contributed by atoms with Crippen LogP contribution in [0.15, 0.2) is 29.3 Å². The van der Waals surface area contributed by atoms with Crippen LogP contribution < -0.4 is 11.1 Å². The number of likely N-dealkylation sites (tertiary alicyclic amines) is 1. The quantitative estimate of drug-likeness (QED) is 0.279. The van der Waals surface area contributed by atoms with Crippen LogP contribution in [0.5, 0.6) is 0 Å². The van der Waals surface area contributed by atoms with E-state index in [4.69, 9.17) is 17.3 Å². The molecule has 0 aromatic heterocycles. The lowest BCUT2D eigenvalue weighted by Gasteiger charge is -2.31. The van der Waals surface area contributed by atoms with E-state index in [-0.39, 0.29) is 24.0 Å². The van der Waals surface area contributed by atoms with E-state index in [1.807, 2.05) is 12.1 Å². The average molecular weight is 465 g/mol. The lowest BCUT2D eigenvalue weighted by Crippen LogP contribution is -2.36. The molecule has 0 aliphatic carbocycles. The van der Waals surface area contributed by atoms with Crippen LogP contribution in [-0.4, -0.2) is 37.0 Å². The van der Waals surface area contributed by atoms with E-state index in [1.54, 1.807) is 0 Å². The van der Waals surface area contributed by atoms with Crippen LogP contribution in [0.2, 0.25) is 5.02 Å². The largest absolute Gasteiger partial charge is 0.370 e. The molecular weight excluding hydrogens is 435 g/mol. The molecule has 0 amide bonds. The number of benzene rings is 1. The fourth-order valence-corrected chi connectivity index (χ4v) is 3.07. The van der Waals surface area contributed by atoms with Gasteiger partial charge in [0, 0.05) is 24.7 Å². The lowest BCUT2D eigenvalue weighted by molar-refractivity contribution is 0.180. The first kappa shape index (κ1) is 21.5. The zero-order valence-electron chi connectivity index (χ0n) is 14.5. The summed E-state index contributed by atoms with van der Waals surface area (Å²) in [4.78, 5) is 6.96. The Kier molecular flexibility index (Phi) is 10.7. The minimum Gasteiger partial charge on any atom is -0.370 e. The Morgan fingerprint density at radius 1 is 1.33 bits per heavy atom. The van der Waals surface area contributed by atoms with Gasteiger partial charge in [-0.05, 0) is 49.9 Å². The van der Waals surface area contributed by atoms with Gasteiger partial charge >= 0.3 is 0 Å². The molecule has 1 heterocycles. The topological polar surface area (TPSA) is 53.6 Å². The van der Waals surface area contributed by atoms with Gasteiger partial charge < -0.3 is 11.1 Å². The average Bonchev–Trinajstić information content (AvgIpc) is 2.56. The Bertz CT molecular complexity index is 502. The van der Waals surface area contributed by atoms with E-state index in [2.05, 4.69) is 34.3 Å². The summed E-state index contributed by atoms with van der Waals surface area (Å²) >= 11 is 6.24. The van der Waals surface area contributed by atoms with Crippen LogP contribution in [-0.2, 0) is 6.54 Å². The van der Waals surface area contributed by atoms with Crippen molar-refractivity contribution in [2.45, 2.75) is 39.2 Å². The highest BCUT2D eigenvalue weighted by atomic mass is 127. The van der Waals surface area contributed by atoms with Crippen LogP contribution in [0.1, 0.15) is 38.2 Å². The minimum atomic E-state index is 0. The maximum absolute atomic E-state index is 6.24. The Morgan fingerprint density at radius 3 is 2.71 bits per heavy atom. The third kappa shape index (κ3) is 7.57. The number of nitrogens with two attached hydrogens (primary N) is 1. The lowest BCUT2D eigenvalue weighted by atomic mass is 9.96. The van der Waals surface area contributed by atoms with Crippen molar-refractivity contribution in [3.63, 3.8) is 0 Å². The van der Waals surface area contributed by atoms with Crippen LogP contribution >= 0.6 is 35.6 Å². The van der Waals surface area contributed by atoms with Crippen LogP contribution in [0.4, 0.5) is 0 Å². The second-order valence-electron chi connectivity index (χ2n) is 6.32. The van der Waals surface area contributed by atoms with Gasteiger partial charge in [-0.15, -0.1) is 24.0 Å². The van der Waals surface area contributed by atoms with E-state index in [0.717, 1.165) is 44.2 Å². The molecule has 1 aliphatic rings. The highest BCUT2D eigenvalue weighted by molar-refractivity contribution is 14.0. The first-order valence-corrected chi connectivity index (χ1v) is 9.06. The van der Waals surface area contributed by atoms with Crippen molar-refractivity contribution in [2.24, 2.45) is 16.6 Å². The molecule has 1 aromatic rings. The monoisotopic (exact) mass is 464 g/mol. The molecule has 2 rings (SSSR count). The Hall–Kier alpha value is -0.530. The normalized spacial score (nSPS) is 16.7. The number of nitrogens with zero attached hydrogens (tertiary/aromatic N) is 2.